The van der Waals surface area contributed by atoms with Crippen LogP contribution in [0.2, 0.25) is 0 Å². The van der Waals surface area contributed by atoms with Gasteiger partial charge >= 0.3 is 0 Å². The Labute approximate surface area is 150 Å². The molecule has 9 heteroatoms. The molecule has 0 aliphatic carbocycles. The Balaban J connectivity index is 1.78. The van der Waals surface area contributed by atoms with Crippen LogP contribution in [0, 0.1) is 24.4 Å². The molecule has 4 rings (SSSR count). The first-order chi connectivity index (χ1) is 13.0. The van der Waals surface area contributed by atoms with E-state index in [4.69, 9.17) is 4.52 Å². The molecule has 0 saturated heterocycles. The fourth-order valence-corrected chi connectivity index (χ4v) is 2.48. The Bertz CT molecular complexity index is 1130. The number of aromatic nitrogens is 5. The lowest BCUT2D eigenvalue weighted by molar-refractivity contribution is 0.430. The number of nitrogens with zero attached hydrogens (tertiary/aromatic N) is 5. The van der Waals surface area contributed by atoms with Gasteiger partial charge in [-0.15, -0.1) is 0 Å². The summed E-state index contributed by atoms with van der Waals surface area (Å²) in [4.78, 5) is 15.9. The van der Waals surface area contributed by atoms with E-state index in [0.717, 1.165) is 18.5 Å². The summed E-state index contributed by atoms with van der Waals surface area (Å²) in [5.74, 6) is -1.55. The van der Waals surface area contributed by atoms with Gasteiger partial charge < -0.3 is 4.52 Å². The van der Waals surface area contributed by atoms with Gasteiger partial charge in [0.2, 0.25) is 5.82 Å². The average Bonchev–Trinajstić information content (AvgIpc) is 3.14. The molecule has 6 nitrogen and oxygen atoms in total. The van der Waals surface area contributed by atoms with Gasteiger partial charge in [0, 0.05) is 17.3 Å². The molecule has 4 heterocycles. The number of aryl methyl sites for hydroxylation is 1. The highest BCUT2D eigenvalue weighted by Crippen LogP contribution is 2.29. The van der Waals surface area contributed by atoms with Gasteiger partial charge in [0.15, 0.2) is 5.82 Å². The molecule has 0 N–H and O–H groups in total. The zero-order valence-corrected chi connectivity index (χ0v) is 13.8. The summed E-state index contributed by atoms with van der Waals surface area (Å²) in [6, 6.07) is 5.15. The molecule has 0 radical (unpaired) electrons. The minimum absolute atomic E-state index is 0.0184. The molecule has 4 aromatic heterocycles. The summed E-state index contributed by atoms with van der Waals surface area (Å²) in [5, 5.41) is 3.78. The highest BCUT2D eigenvalue weighted by Gasteiger charge is 2.18. The lowest BCUT2D eigenvalue weighted by Gasteiger charge is -2.07. The number of pyridine rings is 3. The van der Waals surface area contributed by atoms with E-state index in [0.29, 0.717) is 5.69 Å². The highest BCUT2D eigenvalue weighted by molar-refractivity contribution is 5.69. The van der Waals surface area contributed by atoms with Crippen LogP contribution in [0.15, 0.2) is 47.4 Å². The van der Waals surface area contributed by atoms with Gasteiger partial charge in [-0.1, -0.05) is 5.16 Å². The topological polar surface area (TPSA) is 77.6 Å². The molecule has 0 atom stereocenters. The highest BCUT2D eigenvalue weighted by atomic mass is 19.1. The summed E-state index contributed by atoms with van der Waals surface area (Å²) < 4.78 is 46.1. The molecule has 0 spiro atoms. The molecule has 0 aromatic carbocycles. The van der Waals surface area contributed by atoms with Crippen molar-refractivity contribution in [2.75, 3.05) is 0 Å². The third-order valence-electron chi connectivity index (χ3n) is 3.74. The molecule has 4 aromatic rings. The fourth-order valence-electron chi connectivity index (χ4n) is 2.48. The van der Waals surface area contributed by atoms with Crippen molar-refractivity contribution in [2.45, 2.75) is 6.92 Å². The van der Waals surface area contributed by atoms with Crippen LogP contribution in [0.25, 0.3) is 34.2 Å². The number of rotatable bonds is 3. The monoisotopic (exact) mass is 369 g/mol. The Morgan fingerprint density at radius 2 is 1.74 bits per heavy atom. The van der Waals surface area contributed by atoms with Crippen molar-refractivity contribution in [1.82, 2.24) is 25.1 Å². The Kier molecular flexibility index (Phi) is 4.11. The van der Waals surface area contributed by atoms with Crippen molar-refractivity contribution in [2.24, 2.45) is 0 Å². The Morgan fingerprint density at radius 1 is 0.889 bits per heavy atom. The molecule has 0 saturated carbocycles. The van der Waals surface area contributed by atoms with Crippen molar-refractivity contribution in [3.05, 3.63) is 66.0 Å². The van der Waals surface area contributed by atoms with Gasteiger partial charge in [-0.3, -0.25) is 4.98 Å². The van der Waals surface area contributed by atoms with Crippen molar-refractivity contribution in [3.63, 3.8) is 0 Å². The molecule has 0 unspecified atom stereocenters. The second-order valence-electron chi connectivity index (χ2n) is 5.63. The summed E-state index contributed by atoms with van der Waals surface area (Å²) >= 11 is 0. The smallest absolute Gasteiger partial charge is 0.276 e. The molecule has 0 aliphatic heterocycles. The quantitative estimate of drug-likeness (QED) is 0.544. The van der Waals surface area contributed by atoms with E-state index < -0.39 is 17.5 Å². The number of hydrogen-bond donors (Lipinski definition) is 0. The van der Waals surface area contributed by atoms with E-state index in [1.807, 2.05) is 0 Å². The lowest BCUT2D eigenvalue weighted by atomic mass is 10.1. The number of hydrogen-bond acceptors (Lipinski definition) is 6. The van der Waals surface area contributed by atoms with E-state index in [2.05, 4.69) is 25.1 Å². The molecule has 0 bridgehead atoms. The number of halogens is 3. The fraction of sp³-hybridized carbons (Fsp3) is 0.0556. The van der Waals surface area contributed by atoms with E-state index >= 15 is 0 Å². The van der Waals surface area contributed by atoms with Gasteiger partial charge in [0.05, 0.1) is 18.1 Å². The standard InChI is InChI=1S/C18H10F3N5O/c1-9-16(21)13(10-4-12(20)7-22-6-10)5-15(24-9)18-25-17(26-27-18)14-3-2-11(19)8-23-14/h2-8H,1H3. The molecular weight excluding hydrogens is 359 g/mol. The van der Waals surface area contributed by atoms with Gasteiger partial charge in [-0.05, 0) is 31.2 Å². The maximum absolute atomic E-state index is 14.5. The van der Waals surface area contributed by atoms with Crippen LogP contribution in [-0.2, 0) is 0 Å². The van der Waals surface area contributed by atoms with E-state index in [1.165, 1.54) is 31.3 Å². The molecular formula is C18H10F3N5O. The average molecular weight is 369 g/mol. The summed E-state index contributed by atoms with van der Waals surface area (Å²) in [6.07, 6.45) is 3.39. The van der Waals surface area contributed by atoms with Crippen LogP contribution in [-0.4, -0.2) is 25.1 Å². The largest absolute Gasteiger partial charge is 0.332 e. The van der Waals surface area contributed by atoms with E-state index in [-0.39, 0.29) is 34.2 Å². The molecule has 134 valence electrons. The first-order valence-corrected chi connectivity index (χ1v) is 7.75. The lowest BCUT2D eigenvalue weighted by Crippen LogP contribution is -1.97. The summed E-state index contributed by atoms with van der Waals surface area (Å²) in [6.45, 7) is 1.47. The minimum Gasteiger partial charge on any atom is -0.332 e. The molecule has 0 fully saturated rings. The Morgan fingerprint density at radius 3 is 2.48 bits per heavy atom. The Hall–Kier alpha value is -3.62. The first-order valence-electron chi connectivity index (χ1n) is 7.75. The van der Waals surface area contributed by atoms with Crippen molar-refractivity contribution in [1.29, 1.82) is 0 Å². The second kappa shape index (κ2) is 6.60. The zero-order valence-electron chi connectivity index (χ0n) is 13.8. The van der Waals surface area contributed by atoms with Gasteiger partial charge in [-0.25, -0.2) is 23.1 Å². The van der Waals surface area contributed by atoms with E-state index in [9.17, 15) is 13.2 Å². The zero-order chi connectivity index (χ0) is 19.0. The third-order valence-corrected chi connectivity index (χ3v) is 3.74. The van der Waals surface area contributed by atoms with Gasteiger partial charge in [0.25, 0.3) is 5.89 Å². The molecule has 0 amide bonds. The third kappa shape index (κ3) is 3.26. The van der Waals surface area contributed by atoms with Gasteiger partial charge in [-0.2, -0.15) is 4.98 Å². The van der Waals surface area contributed by atoms with Crippen LogP contribution in [0.1, 0.15) is 5.69 Å². The van der Waals surface area contributed by atoms with Crippen LogP contribution in [0.3, 0.4) is 0 Å². The maximum Gasteiger partial charge on any atom is 0.276 e. The molecule has 0 aliphatic rings. The first kappa shape index (κ1) is 16.8. The van der Waals surface area contributed by atoms with Crippen molar-refractivity contribution >= 4 is 0 Å². The normalized spacial score (nSPS) is 11.0. The predicted molar refractivity (Wildman–Crippen MR) is 88.6 cm³/mol. The van der Waals surface area contributed by atoms with Crippen molar-refractivity contribution < 1.29 is 17.7 Å². The predicted octanol–water partition coefficient (Wildman–Crippen LogP) is 3.98. The van der Waals surface area contributed by atoms with Crippen LogP contribution in [0.5, 0.6) is 0 Å². The van der Waals surface area contributed by atoms with Crippen molar-refractivity contribution in [3.8, 4) is 34.2 Å². The summed E-state index contributed by atoms with van der Waals surface area (Å²) in [5.41, 5.74) is 0.934. The van der Waals surface area contributed by atoms with Crippen LogP contribution >= 0.6 is 0 Å². The van der Waals surface area contributed by atoms with Crippen LogP contribution < -0.4 is 0 Å². The molecule has 27 heavy (non-hydrogen) atoms. The minimum atomic E-state index is -0.605. The SMILES string of the molecule is Cc1nc(-c2nc(-c3ccc(F)cn3)no2)cc(-c2cncc(F)c2)c1F. The van der Waals surface area contributed by atoms with Crippen LogP contribution in [0.4, 0.5) is 13.2 Å². The summed E-state index contributed by atoms with van der Waals surface area (Å²) in [7, 11) is 0. The van der Waals surface area contributed by atoms with E-state index in [1.54, 1.807) is 0 Å². The van der Waals surface area contributed by atoms with Gasteiger partial charge in [0.1, 0.15) is 23.0 Å². The second-order valence-corrected chi connectivity index (χ2v) is 5.63. The maximum atomic E-state index is 14.5.